The zero-order chi connectivity index (χ0) is 19.4. The molecular formula is C21H24N4OS. The lowest BCUT2D eigenvalue weighted by Gasteiger charge is -2.15. The lowest BCUT2D eigenvalue weighted by molar-refractivity contribution is -0.121. The molecule has 0 fully saturated rings. The third-order valence-electron chi connectivity index (χ3n) is 4.55. The number of aromatic nitrogens is 3. The molecular weight excluding hydrogens is 356 g/mol. The Labute approximate surface area is 164 Å². The van der Waals surface area contributed by atoms with Crippen LogP contribution in [0.4, 0.5) is 0 Å². The van der Waals surface area contributed by atoms with Gasteiger partial charge in [-0.3, -0.25) is 14.5 Å². The van der Waals surface area contributed by atoms with Gasteiger partial charge in [-0.05, 0) is 44.6 Å². The summed E-state index contributed by atoms with van der Waals surface area (Å²) in [6, 6.07) is 16.2. The normalized spacial score (nSPS) is 12.0. The SMILES string of the molecule is Cc1ccc(C(C)NC(=O)CCn2c(-c3cccc(C)c3)n[nH]c2=S)cc1. The van der Waals surface area contributed by atoms with E-state index >= 15 is 0 Å². The van der Waals surface area contributed by atoms with Crippen molar-refractivity contribution in [1.82, 2.24) is 20.1 Å². The first kappa shape index (κ1) is 19.0. The smallest absolute Gasteiger partial charge is 0.222 e. The van der Waals surface area contributed by atoms with Gasteiger partial charge in [0, 0.05) is 18.5 Å². The van der Waals surface area contributed by atoms with E-state index in [0.717, 1.165) is 22.5 Å². The Balaban J connectivity index is 1.66. The molecule has 3 rings (SSSR count). The van der Waals surface area contributed by atoms with Crippen LogP contribution in [0.1, 0.15) is 36.1 Å². The van der Waals surface area contributed by atoms with Crippen molar-refractivity contribution in [3.05, 3.63) is 70.0 Å². The summed E-state index contributed by atoms with van der Waals surface area (Å²) in [7, 11) is 0. The molecule has 5 nitrogen and oxygen atoms in total. The van der Waals surface area contributed by atoms with E-state index in [0.29, 0.717) is 17.7 Å². The maximum absolute atomic E-state index is 12.4. The van der Waals surface area contributed by atoms with Gasteiger partial charge in [0.05, 0.1) is 6.04 Å². The van der Waals surface area contributed by atoms with Crippen LogP contribution in [0, 0.1) is 18.6 Å². The van der Waals surface area contributed by atoms with Gasteiger partial charge in [-0.1, -0.05) is 53.6 Å². The van der Waals surface area contributed by atoms with E-state index < -0.39 is 0 Å². The first-order valence-electron chi connectivity index (χ1n) is 9.02. The lowest BCUT2D eigenvalue weighted by atomic mass is 10.1. The first-order valence-corrected chi connectivity index (χ1v) is 9.43. The van der Waals surface area contributed by atoms with E-state index in [-0.39, 0.29) is 11.9 Å². The van der Waals surface area contributed by atoms with Crippen LogP contribution in [-0.2, 0) is 11.3 Å². The summed E-state index contributed by atoms with van der Waals surface area (Å²) < 4.78 is 2.39. The Morgan fingerprint density at radius 1 is 1.19 bits per heavy atom. The summed E-state index contributed by atoms with van der Waals surface area (Å²) in [4.78, 5) is 12.4. The molecule has 0 saturated carbocycles. The van der Waals surface area contributed by atoms with Gasteiger partial charge in [-0.2, -0.15) is 5.10 Å². The minimum Gasteiger partial charge on any atom is -0.350 e. The van der Waals surface area contributed by atoms with Crippen LogP contribution < -0.4 is 5.32 Å². The number of H-pyrrole nitrogens is 1. The average Bonchev–Trinajstić information content (AvgIpc) is 3.01. The van der Waals surface area contributed by atoms with Crippen molar-refractivity contribution in [2.45, 2.75) is 39.8 Å². The van der Waals surface area contributed by atoms with Gasteiger partial charge >= 0.3 is 0 Å². The highest BCUT2D eigenvalue weighted by atomic mass is 32.1. The van der Waals surface area contributed by atoms with Crippen molar-refractivity contribution in [3.8, 4) is 11.4 Å². The second kappa shape index (κ2) is 8.31. The summed E-state index contributed by atoms with van der Waals surface area (Å²) in [5, 5.41) is 10.2. The fourth-order valence-electron chi connectivity index (χ4n) is 3.00. The summed E-state index contributed by atoms with van der Waals surface area (Å²) in [6.45, 7) is 6.55. The largest absolute Gasteiger partial charge is 0.350 e. The minimum absolute atomic E-state index is 0.0126. The third-order valence-corrected chi connectivity index (χ3v) is 4.86. The third kappa shape index (κ3) is 4.71. The van der Waals surface area contributed by atoms with Crippen LogP contribution in [0.2, 0.25) is 0 Å². The quantitative estimate of drug-likeness (QED) is 0.619. The fourth-order valence-corrected chi connectivity index (χ4v) is 3.22. The molecule has 0 radical (unpaired) electrons. The van der Waals surface area contributed by atoms with Gasteiger partial charge in [0.2, 0.25) is 5.91 Å². The molecule has 0 spiro atoms. The maximum atomic E-state index is 12.4. The number of benzene rings is 2. The maximum Gasteiger partial charge on any atom is 0.222 e. The number of amides is 1. The highest BCUT2D eigenvalue weighted by Crippen LogP contribution is 2.19. The van der Waals surface area contributed by atoms with Gasteiger partial charge in [0.25, 0.3) is 0 Å². The molecule has 27 heavy (non-hydrogen) atoms. The summed E-state index contributed by atoms with van der Waals surface area (Å²) >= 11 is 5.35. The second-order valence-corrected chi connectivity index (χ2v) is 7.21. The van der Waals surface area contributed by atoms with Crippen LogP contribution in [-0.4, -0.2) is 20.7 Å². The second-order valence-electron chi connectivity index (χ2n) is 6.82. The standard InChI is InChI=1S/C21H24N4OS/c1-14-7-9-17(10-8-14)16(3)22-19(26)11-12-25-20(23-24-21(25)27)18-6-4-5-15(2)13-18/h4-10,13,16H,11-12H2,1-3H3,(H,22,26)(H,24,27). The van der Waals surface area contributed by atoms with Crippen molar-refractivity contribution in [2.75, 3.05) is 0 Å². The Morgan fingerprint density at radius 3 is 2.63 bits per heavy atom. The van der Waals surface area contributed by atoms with Crippen LogP contribution in [0.25, 0.3) is 11.4 Å². The molecule has 1 aromatic heterocycles. The number of carbonyl (C=O) groups is 1. The molecule has 0 aliphatic rings. The topological polar surface area (TPSA) is 62.7 Å². The number of hydrogen-bond donors (Lipinski definition) is 2. The molecule has 140 valence electrons. The fraction of sp³-hybridized carbons (Fsp3) is 0.286. The number of aromatic amines is 1. The molecule has 0 aliphatic heterocycles. The predicted octanol–water partition coefficient (Wildman–Crippen LogP) is 4.49. The summed E-state index contributed by atoms with van der Waals surface area (Å²) in [5.74, 6) is 0.740. The molecule has 2 N–H and O–H groups in total. The van der Waals surface area contributed by atoms with Crippen molar-refractivity contribution < 1.29 is 4.79 Å². The van der Waals surface area contributed by atoms with Crippen LogP contribution in [0.3, 0.4) is 0 Å². The monoisotopic (exact) mass is 380 g/mol. The molecule has 1 atom stereocenters. The number of rotatable bonds is 6. The van der Waals surface area contributed by atoms with Crippen molar-refractivity contribution in [1.29, 1.82) is 0 Å². The predicted molar refractivity (Wildman–Crippen MR) is 110 cm³/mol. The van der Waals surface area contributed by atoms with Gasteiger partial charge in [-0.15, -0.1) is 0 Å². The van der Waals surface area contributed by atoms with E-state index in [2.05, 4.69) is 33.7 Å². The molecule has 3 aromatic rings. The summed E-state index contributed by atoms with van der Waals surface area (Å²) in [6.07, 6.45) is 0.336. The van der Waals surface area contributed by atoms with Crippen molar-refractivity contribution >= 4 is 18.1 Å². The van der Waals surface area contributed by atoms with Crippen LogP contribution >= 0.6 is 12.2 Å². The molecule has 0 saturated heterocycles. The molecule has 2 aromatic carbocycles. The zero-order valence-electron chi connectivity index (χ0n) is 15.8. The number of hydrogen-bond acceptors (Lipinski definition) is 3. The van der Waals surface area contributed by atoms with E-state index in [1.54, 1.807) is 0 Å². The van der Waals surface area contributed by atoms with E-state index in [1.807, 2.05) is 55.7 Å². The van der Waals surface area contributed by atoms with Crippen molar-refractivity contribution in [2.24, 2.45) is 0 Å². The average molecular weight is 381 g/mol. The Morgan fingerprint density at radius 2 is 1.93 bits per heavy atom. The highest BCUT2D eigenvalue weighted by Gasteiger charge is 2.13. The Kier molecular flexibility index (Phi) is 5.86. The van der Waals surface area contributed by atoms with Crippen molar-refractivity contribution in [3.63, 3.8) is 0 Å². The van der Waals surface area contributed by atoms with E-state index in [4.69, 9.17) is 12.2 Å². The lowest BCUT2D eigenvalue weighted by Crippen LogP contribution is -2.27. The van der Waals surface area contributed by atoms with Gasteiger partial charge in [-0.25, -0.2) is 0 Å². The molecule has 1 heterocycles. The van der Waals surface area contributed by atoms with E-state index in [1.165, 1.54) is 5.56 Å². The zero-order valence-corrected chi connectivity index (χ0v) is 16.6. The summed E-state index contributed by atoms with van der Waals surface area (Å²) in [5.41, 5.74) is 4.43. The van der Waals surface area contributed by atoms with Crippen LogP contribution in [0.5, 0.6) is 0 Å². The minimum atomic E-state index is -0.0355. The van der Waals surface area contributed by atoms with Gasteiger partial charge in [0.1, 0.15) is 0 Å². The highest BCUT2D eigenvalue weighted by molar-refractivity contribution is 7.71. The number of nitrogens with one attached hydrogen (secondary N) is 2. The Hall–Kier alpha value is -2.73. The molecule has 1 amide bonds. The number of carbonyl (C=O) groups excluding carboxylic acids is 1. The number of aryl methyl sites for hydroxylation is 2. The van der Waals surface area contributed by atoms with Crippen LogP contribution in [0.15, 0.2) is 48.5 Å². The Bertz CT molecular complexity index is 988. The van der Waals surface area contributed by atoms with E-state index in [9.17, 15) is 4.79 Å². The van der Waals surface area contributed by atoms with Gasteiger partial charge < -0.3 is 5.32 Å². The first-order chi connectivity index (χ1) is 12.9. The molecule has 1 unspecified atom stereocenters. The molecule has 0 bridgehead atoms. The molecule has 6 heteroatoms. The van der Waals surface area contributed by atoms with Gasteiger partial charge in [0.15, 0.2) is 10.6 Å². The molecule has 0 aliphatic carbocycles. The number of nitrogens with zero attached hydrogens (tertiary/aromatic N) is 2.